The number of hydrogen-bond acceptors (Lipinski definition) is 3. The maximum atomic E-state index is 13.7. The van der Waals surface area contributed by atoms with E-state index in [0.717, 1.165) is 18.4 Å². The molecule has 1 saturated carbocycles. The van der Waals surface area contributed by atoms with Gasteiger partial charge in [0.15, 0.2) is 0 Å². The summed E-state index contributed by atoms with van der Waals surface area (Å²) in [7, 11) is 0. The SMILES string of the molecule is Cc1ccc(C(=O)NC2CC2)cc1NC(=O)NC[C@H](O)c1ccccc1F. The van der Waals surface area contributed by atoms with Gasteiger partial charge in [-0.25, -0.2) is 9.18 Å². The molecule has 0 heterocycles. The predicted octanol–water partition coefficient (Wildman–Crippen LogP) is 2.88. The number of carbonyl (C=O) groups excluding carboxylic acids is 2. The van der Waals surface area contributed by atoms with Crippen molar-refractivity contribution >= 4 is 17.6 Å². The zero-order chi connectivity index (χ0) is 19.4. The molecule has 1 aliphatic carbocycles. The molecule has 1 atom stereocenters. The highest BCUT2D eigenvalue weighted by molar-refractivity contribution is 5.97. The summed E-state index contributed by atoms with van der Waals surface area (Å²) in [6, 6.07) is 10.6. The molecule has 0 aromatic heterocycles. The summed E-state index contributed by atoms with van der Waals surface area (Å²) in [4.78, 5) is 24.3. The predicted molar refractivity (Wildman–Crippen MR) is 100 cm³/mol. The Morgan fingerprint density at radius 3 is 2.67 bits per heavy atom. The van der Waals surface area contributed by atoms with Gasteiger partial charge in [0.25, 0.3) is 5.91 Å². The molecule has 7 heteroatoms. The molecule has 2 aromatic rings. The number of aliphatic hydroxyl groups is 1. The van der Waals surface area contributed by atoms with E-state index in [4.69, 9.17) is 0 Å². The summed E-state index contributed by atoms with van der Waals surface area (Å²) < 4.78 is 13.7. The second kappa shape index (κ2) is 8.18. The van der Waals surface area contributed by atoms with Crippen LogP contribution < -0.4 is 16.0 Å². The topological polar surface area (TPSA) is 90.5 Å². The number of amides is 3. The van der Waals surface area contributed by atoms with Crippen LogP contribution in [-0.4, -0.2) is 29.6 Å². The molecular weight excluding hydrogens is 349 g/mol. The molecule has 2 aromatic carbocycles. The number of aryl methyl sites for hydroxylation is 1. The molecule has 4 N–H and O–H groups in total. The van der Waals surface area contributed by atoms with Gasteiger partial charge < -0.3 is 21.1 Å². The van der Waals surface area contributed by atoms with E-state index in [1.54, 1.807) is 24.3 Å². The Balaban J connectivity index is 1.58. The Bertz CT molecular complexity index is 852. The van der Waals surface area contributed by atoms with Crippen molar-refractivity contribution in [3.8, 4) is 0 Å². The summed E-state index contributed by atoms with van der Waals surface area (Å²) in [5.74, 6) is -0.701. The fourth-order valence-electron chi connectivity index (χ4n) is 2.61. The van der Waals surface area contributed by atoms with Crippen LogP contribution in [-0.2, 0) is 0 Å². The smallest absolute Gasteiger partial charge is 0.319 e. The van der Waals surface area contributed by atoms with Crippen LogP contribution in [0.2, 0.25) is 0 Å². The largest absolute Gasteiger partial charge is 0.386 e. The maximum absolute atomic E-state index is 13.7. The Labute approximate surface area is 156 Å². The van der Waals surface area contributed by atoms with E-state index in [1.807, 2.05) is 6.92 Å². The van der Waals surface area contributed by atoms with E-state index in [0.29, 0.717) is 11.3 Å². The Morgan fingerprint density at radius 1 is 1.22 bits per heavy atom. The molecule has 6 nitrogen and oxygen atoms in total. The molecule has 0 bridgehead atoms. The van der Waals surface area contributed by atoms with E-state index < -0.39 is 18.0 Å². The second-order valence-corrected chi connectivity index (χ2v) is 6.65. The molecule has 0 aliphatic heterocycles. The van der Waals surface area contributed by atoms with Gasteiger partial charge in [-0.1, -0.05) is 24.3 Å². The van der Waals surface area contributed by atoms with Crippen LogP contribution in [0.25, 0.3) is 0 Å². The van der Waals surface area contributed by atoms with Crippen molar-refractivity contribution in [2.45, 2.75) is 31.9 Å². The number of anilines is 1. The lowest BCUT2D eigenvalue weighted by molar-refractivity contribution is 0.0951. The minimum atomic E-state index is -1.16. The van der Waals surface area contributed by atoms with Gasteiger partial charge in [0.2, 0.25) is 0 Å². The highest BCUT2D eigenvalue weighted by Gasteiger charge is 2.24. The zero-order valence-corrected chi connectivity index (χ0v) is 15.0. The fourth-order valence-corrected chi connectivity index (χ4v) is 2.61. The molecule has 27 heavy (non-hydrogen) atoms. The van der Waals surface area contributed by atoms with E-state index in [9.17, 15) is 19.1 Å². The van der Waals surface area contributed by atoms with E-state index in [2.05, 4.69) is 16.0 Å². The fraction of sp³-hybridized carbons (Fsp3) is 0.300. The molecule has 142 valence electrons. The summed E-state index contributed by atoms with van der Waals surface area (Å²) in [6.07, 6.45) is 0.832. The lowest BCUT2D eigenvalue weighted by Gasteiger charge is -2.15. The minimum absolute atomic E-state index is 0.118. The van der Waals surface area contributed by atoms with E-state index in [-0.39, 0.29) is 24.1 Å². The van der Waals surface area contributed by atoms with Gasteiger partial charge in [-0.15, -0.1) is 0 Å². The third-order valence-electron chi connectivity index (χ3n) is 4.38. The number of hydrogen-bond donors (Lipinski definition) is 4. The molecule has 0 unspecified atom stereocenters. The van der Waals surface area contributed by atoms with Crippen molar-refractivity contribution in [1.82, 2.24) is 10.6 Å². The number of aliphatic hydroxyl groups excluding tert-OH is 1. The Morgan fingerprint density at radius 2 is 1.96 bits per heavy atom. The number of benzene rings is 2. The van der Waals surface area contributed by atoms with Gasteiger partial charge in [0.1, 0.15) is 5.82 Å². The Hall–Kier alpha value is -2.93. The average molecular weight is 371 g/mol. The minimum Gasteiger partial charge on any atom is -0.386 e. The normalized spacial score (nSPS) is 14.3. The van der Waals surface area contributed by atoms with Crippen LogP contribution in [0.1, 0.15) is 40.4 Å². The van der Waals surface area contributed by atoms with Gasteiger partial charge >= 0.3 is 6.03 Å². The van der Waals surface area contributed by atoms with Crippen LogP contribution in [0.15, 0.2) is 42.5 Å². The first kappa shape index (κ1) is 18.8. The van der Waals surface area contributed by atoms with Crippen LogP contribution >= 0.6 is 0 Å². The first-order valence-corrected chi connectivity index (χ1v) is 8.83. The number of rotatable bonds is 6. The third-order valence-corrected chi connectivity index (χ3v) is 4.38. The van der Waals surface area contributed by atoms with Crippen LogP contribution in [0.4, 0.5) is 14.9 Å². The van der Waals surface area contributed by atoms with E-state index >= 15 is 0 Å². The number of nitrogens with one attached hydrogen (secondary N) is 3. The van der Waals surface area contributed by atoms with Gasteiger partial charge in [0, 0.05) is 29.4 Å². The molecule has 1 fully saturated rings. The van der Waals surface area contributed by atoms with Crippen molar-refractivity contribution in [3.63, 3.8) is 0 Å². The first-order chi connectivity index (χ1) is 12.9. The standard InChI is InChI=1S/C20H22FN3O3/c1-12-6-7-13(19(26)23-14-8-9-14)10-17(12)24-20(27)22-11-18(25)15-4-2-3-5-16(15)21/h2-7,10,14,18,25H,8-9,11H2,1H3,(H,23,26)(H2,22,24,27)/t18-/m0/s1. The summed E-state index contributed by atoms with van der Waals surface area (Å²) in [5.41, 5.74) is 1.88. The highest BCUT2D eigenvalue weighted by atomic mass is 19.1. The number of halogens is 1. The van der Waals surface area contributed by atoms with Gasteiger partial charge in [-0.05, 0) is 43.5 Å². The van der Waals surface area contributed by atoms with Crippen molar-refractivity contribution in [2.24, 2.45) is 0 Å². The number of carbonyl (C=O) groups is 2. The summed E-state index contributed by atoms with van der Waals surface area (Å²) >= 11 is 0. The lowest BCUT2D eigenvalue weighted by atomic mass is 10.1. The average Bonchev–Trinajstić information content (AvgIpc) is 3.46. The molecule has 1 aliphatic rings. The summed E-state index contributed by atoms with van der Waals surface area (Å²) in [5, 5.41) is 18.1. The lowest BCUT2D eigenvalue weighted by Crippen LogP contribution is -2.33. The molecule has 3 rings (SSSR count). The Kier molecular flexibility index (Phi) is 5.71. The summed E-state index contributed by atoms with van der Waals surface area (Å²) in [6.45, 7) is 1.67. The quantitative estimate of drug-likeness (QED) is 0.629. The number of urea groups is 1. The van der Waals surface area contributed by atoms with Crippen LogP contribution in [0, 0.1) is 12.7 Å². The van der Waals surface area contributed by atoms with E-state index in [1.165, 1.54) is 18.2 Å². The van der Waals surface area contributed by atoms with Gasteiger partial charge in [-0.2, -0.15) is 0 Å². The molecule has 0 saturated heterocycles. The molecule has 0 spiro atoms. The first-order valence-electron chi connectivity index (χ1n) is 8.83. The van der Waals surface area contributed by atoms with Crippen LogP contribution in [0.3, 0.4) is 0 Å². The van der Waals surface area contributed by atoms with Crippen LogP contribution in [0.5, 0.6) is 0 Å². The van der Waals surface area contributed by atoms with Gasteiger partial charge in [-0.3, -0.25) is 4.79 Å². The molecule has 0 radical (unpaired) electrons. The zero-order valence-electron chi connectivity index (χ0n) is 15.0. The van der Waals surface area contributed by atoms with Crippen molar-refractivity contribution < 1.29 is 19.1 Å². The second-order valence-electron chi connectivity index (χ2n) is 6.65. The molecule has 3 amide bonds. The molecular formula is C20H22FN3O3. The highest BCUT2D eigenvalue weighted by Crippen LogP contribution is 2.21. The van der Waals surface area contributed by atoms with Crippen molar-refractivity contribution in [1.29, 1.82) is 0 Å². The van der Waals surface area contributed by atoms with Gasteiger partial charge in [0.05, 0.1) is 6.10 Å². The third kappa shape index (κ3) is 5.04. The maximum Gasteiger partial charge on any atom is 0.319 e. The van der Waals surface area contributed by atoms with Crippen molar-refractivity contribution in [3.05, 3.63) is 65.0 Å². The van der Waals surface area contributed by atoms with Crippen molar-refractivity contribution in [2.75, 3.05) is 11.9 Å². The monoisotopic (exact) mass is 371 g/mol.